The lowest BCUT2D eigenvalue weighted by atomic mass is 10.1. The molecule has 0 bridgehead atoms. The summed E-state index contributed by atoms with van der Waals surface area (Å²) < 4.78 is 0. The van der Waals surface area contributed by atoms with Gasteiger partial charge in [0.05, 0.1) is 0 Å². The van der Waals surface area contributed by atoms with Crippen LogP contribution in [0.2, 0.25) is 0 Å². The summed E-state index contributed by atoms with van der Waals surface area (Å²) in [5.41, 5.74) is 2.62. The molecular weight excluding hydrogens is 240 g/mol. The third-order valence-electron chi connectivity index (χ3n) is 3.59. The van der Waals surface area contributed by atoms with Gasteiger partial charge in [-0.05, 0) is 54.3 Å². The van der Waals surface area contributed by atoms with Gasteiger partial charge in [0, 0.05) is 29.9 Å². The molecule has 0 aromatic carbocycles. The van der Waals surface area contributed by atoms with Gasteiger partial charge in [0.25, 0.3) is 0 Å². The van der Waals surface area contributed by atoms with E-state index >= 15 is 0 Å². The number of nitrogens with zero attached hydrogens (tertiary/aromatic N) is 1. The number of aryl methyl sites for hydroxylation is 1. The van der Waals surface area contributed by atoms with E-state index in [9.17, 15) is 0 Å². The molecule has 94 valence electrons. The third kappa shape index (κ3) is 2.62. The highest BCUT2D eigenvalue weighted by molar-refractivity contribution is 7.10. The van der Waals surface area contributed by atoms with Crippen molar-refractivity contribution in [1.29, 1.82) is 0 Å². The number of hydrogen-bond donors (Lipinski definition) is 1. The molecule has 3 rings (SSSR count). The Morgan fingerprint density at radius 2 is 2.33 bits per heavy atom. The predicted molar refractivity (Wildman–Crippen MR) is 75.6 cm³/mol. The van der Waals surface area contributed by atoms with Crippen LogP contribution in [0.3, 0.4) is 0 Å². The molecule has 0 radical (unpaired) electrons. The number of rotatable bonds is 5. The van der Waals surface area contributed by atoms with Gasteiger partial charge in [0.2, 0.25) is 0 Å². The largest absolute Gasteiger partial charge is 0.305 e. The first-order valence-corrected chi connectivity index (χ1v) is 7.39. The average molecular weight is 258 g/mol. The molecule has 1 aliphatic carbocycles. The summed E-state index contributed by atoms with van der Waals surface area (Å²) in [6.07, 6.45) is 6.55. The fraction of sp³-hybridized carbons (Fsp3) is 0.400. The minimum atomic E-state index is 0.539. The first-order chi connectivity index (χ1) is 8.84. The van der Waals surface area contributed by atoms with Crippen molar-refractivity contribution in [1.82, 2.24) is 10.3 Å². The van der Waals surface area contributed by atoms with Crippen LogP contribution < -0.4 is 5.32 Å². The summed E-state index contributed by atoms with van der Waals surface area (Å²) in [4.78, 5) is 5.62. The van der Waals surface area contributed by atoms with Gasteiger partial charge >= 0.3 is 0 Å². The van der Waals surface area contributed by atoms with Crippen molar-refractivity contribution in [3.63, 3.8) is 0 Å². The van der Waals surface area contributed by atoms with E-state index < -0.39 is 0 Å². The maximum absolute atomic E-state index is 4.14. The fourth-order valence-corrected chi connectivity index (χ4v) is 3.21. The second-order valence-electron chi connectivity index (χ2n) is 5.01. The van der Waals surface area contributed by atoms with E-state index in [0.29, 0.717) is 6.04 Å². The SMILES string of the molecule is Cc1cnccc1CNC(c1cccs1)C1CC1. The van der Waals surface area contributed by atoms with Crippen molar-refractivity contribution in [3.8, 4) is 0 Å². The molecule has 0 saturated heterocycles. The van der Waals surface area contributed by atoms with Gasteiger partial charge < -0.3 is 5.32 Å². The predicted octanol–water partition coefficient (Wildman–Crippen LogP) is 3.69. The molecule has 1 atom stereocenters. The number of hydrogen-bond acceptors (Lipinski definition) is 3. The van der Waals surface area contributed by atoms with Crippen LogP contribution in [0.25, 0.3) is 0 Å². The summed E-state index contributed by atoms with van der Waals surface area (Å²) in [7, 11) is 0. The first kappa shape index (κ1) is 11.9. The zero-order valence-corrected chi connectivity index (χ0v) is 11.4. The molecule has 1 fully saturated rings. The van der Waals surface area contributed by atoms with E-state index in [1.165, 1.54) is 28.8 Å². The van der Waals surface area contributed by atoms with E-state index in [1.54, 1.807) is 0 Å². The molecule has 18 heavy (non-hydrogen) atoms. The number of nitrogens with one attached hydrogen (secondary N) is 1. The van der Waals surface area contributed by atoms with E-state index in [1.807, 2.05) is 23.7 Å². The standard InChI is InChI=1S/C15H18N2S/c1-11-9-16-7-6-13(11)10-17-15(12-4-5-12)14-3-2-8-18-14/h2-3,6-9,12,15,17H,4-5,10H2,1H3. The van der Waals surface area contributed by atoms with Crippen LogP contribution in [-0.4, -0.2) is 4.98 Å². The second-order valence-corrected chi connectivity index (χ2v) is 5.99. The number of aromatic nitrogens is 1. The van der Waals surface area contributed by atoms with Crippen LogP contribution in [0.5, 0.6) is 0 Å². The molecule has 1 saturated carbocycles. The Balaban J connectivity index is 1.69. The van der Waals surface area contributed by atoms with Crippen molar-refractivity contribution in [2.45, 2.75) is 32.4 Å². The highest BCUT2D eigenvalue weighted by atomic mass is 32.1. The highest BCUT2D eigenvalue weighted by Gasteiger charge is 2.32. The maximum Gasteiger partial charge on any atom is 0.0446 e. The van der Waals surface area contributed by atoms with Gasteiger partial charge in [-0.3, -0.25) is 4.98 Å². The van der Waals surface area contributed by atoms with Gasteiger partial charge in [-0.2, -0.15) is 0 Å². The van der Waals surface area contributed by atoms with Gasteiger partial charge in [-0.15, -0.1) is 11.3 Å². The summed E-state index contributed by atoms with van der Waals surface area (Å²) in [5, 5.41) is 5.89. The Morgan fingerprint density at radius 3 is 3.00 bits per heavy atom. The van der Waals surface area contributed by atoms with Crippen molar-refractivity contribution in [3.05, 3.63) is 52.0 Å². The molecule has 2 aromatic heterocycles. The average Bonchev–Trinajstić information content (AvgIpc) is 3.07. The van der Waals surface area contributed by atoms with Gasteiger partial charge in [0.1, 0.15) is 0 Å². The smallest absolute Gasteiger partial charge is 0.0446 e. The molecular formula is C15H18N2S. The first-order valence-electron chi connectivity index (χ1n) is 6.51. The molecule has 1 aliphatic rings. The Labute approximate surface area is 112 Å². The lowest BCUT2D eigenvalue weighted by Crippen LogP contribution is -2.22. The summed E-state index contributed by atoms with van der Waals surface area (Å²) in [6, 6.07) is 7.05. The minimum absolute atomic E-state index is 0.539. The lowest BCUT2D eigenvalue weighted by Gasteiger charge is -2.17. The summed E-state index contributed by atoms with van der Waals surface area (Å²) in [5.74, 6) is 0.839. The Bertz CT molecular complexity index is 503. The van der Waals surface area contributed by atoms with E-state index in [-0.39, 0.29) is 0 Å². The summed E-state index contributed by atoms with van der Waals surface area (Å²) in [6.45, 7) is 3.06. The molecule has 1 N–H and O–H groups in total. The molecule has 2 heterocycles. The molecule has 0 spiro atoms. The Morgan fingerprint density at radius 1 is 1.44 bits per heavy atom. The molecule has 2 aromatic rings. The molecule has 0 aliphatic heterocycles. The second kappa shape index (κ2) is 5.21. The van der Waals surface area contributed by atoms with E-state index in [4.69, 9.17) is 0 Å². The van der Waals surface area contributed by atoms with Crippen molar-refractivity contribution >= 4 is 11.3 Å². The van der Waals surface area contributed by atoms with Crippen LogP contribution in [0.4, 0.5) is 0 Å². The topological polar surface area (TPSA) is 24.9 Å². The maximum atomic E-state index is 4.14. The van der Waals surface area contributed by atoms with Crippen molar-refractivity contribution < 1.29 is 0 Å². The Kier molecular flexibility index (Phi) is 3.43. The van der Waals surface area contributed by atoms with Gasteiger partial charge in [0.15, 0.2) is 0 Å². The van der Waals surface area contributed by atoms with Crippen LogP contribution in [-0.2, 0) is 6.54 Å². The zero-order valence-electron chi connectivity index (χ0n) is 10.6. The van der Waals surface area contributed by atoms with Crippen molar-refractivity contribution in [2.75, 3.05) is 0 Å². The normalized spacial score (nSPS) is 16.7. The van der Waals surface area contributed by atoms with E-state index in [0.717, 1.165) is 12.5 Å². The zero-order chi connectivity index (χ0) is 12.4. The fourth-order valence-electron chi connectivity index (χ4n) is 2.32. The van der Waals surface area contributed by atoms with Crippen LogP contribution >= 0.6 is 11.3 Å². The van der Waals surface area contributed by atoms with Crippen LogP contribution in [0, 0.1) is 12.8 Å². The van der Waals surface area contributed by atoms with Crippen LogP contribution in [0.1, 0.15) is 34.9 Å². The quantitative estimate of drug-likeness (QED) is 0.884. The van der Waals surface area contributed by atoms with Crippen LogP contribution in [0.15, 0.2) is 36.0 Å². The van der Waals surface area contributed by atoms with Crippen molar-refractivity contribution in [2.24, 2.45) is 5.92 Å². The number of pyridine rings is 1. The van der Waals surface area contributed by atoms with E-state index in [2.05, 4.69) is 40.8 Å². The molecule has 1 unspecified atom stereocenters. The lowest BCUT2D eigenvalue weighted by molar-refractivity contribution is 0.486. The van der Waals surface area contributed by atoms with Gasteiger partial charge in [-0.1, -0.05) is 6.07 Å². The third-order valence-corrected chi connectivity index (χ3v) is 4.55. The number of thiophene rings is 1. The monoisotopic (exact) mass is 258 g/mol. The molecule has 3 heteroatoms. The molecule has 2 nitrogen and oxygen atoms in total. The highest BCUT2D eigenvalue weighted by Crippen LogP contribution is 2.42. The summed E-state index contributed by atoms with van der Waals surface area (Å²) >= 11 is 1.86. The Hall–Kier alpha value is -1.19. The molecule has 0 amide bonds. The minimum Gasteiger partial charge on any atom is -0.305 e. The van der Waals surface area contributed by atoms with Gasteiger partial charge in [-0.25, -0.2) is 0 Å².